The predicted molar refractivity (Wildman–Crippen MR) is 101 cm³/mol. The van der Waals surface area contributed by atoms with Gasteiger partial charge in [-0.25, -0.2) is 0 Å². The fourth-order valence-corrected chi connectivity index (χ4v) is 3.73. The average Bonchev–Trinajstić information content (AvgIpc) is 3.04. The summed E-state index contributed by atoms with van der Waals surface area (Å²) in [6.45, 7) is 4.29. The summed E-state index contributed by atoms with van der Waals surface area (Å²) in [5, 5.41) is 13.6. The van der Waals surface area contributed by atoms with E-state index in [0.717, 1.165) is 42.1 Å². The zero-order valence-electron chi connectivity index (χ0n) is 14.9. The number of fused-ring (bicyclic) bond motifs is 1. The van der Waals surface area contributed by atoms with Gasteiger partial charge in [-0.2, -0.15) is 5.26 Å². The van der Waals surface area contributed by atoms with Crippen LogP contribution in [-0.2, 0) is 11.2 Å². The second-order valence-electron chi connectivity index (χ2n) is 6.95. The van der Waals surface area contributed by atoms with Gasteiger partial charge in [-0.05, 0) is 36.8 Å². The van der Waals surface area contributed by atoms with Gasteiger partial charge in [0, 0.05) is 28.7 Å². The maximum atomic E-state index is 12.6. The number of rotatable bonds is 4. The van der Waals surface area contributed by atoms with E-state index in [9.17, 15) is 10.1 Å². The Morgan fingerprint density at radius 2 is 2.20 bits per heavy atom. The van der Waals surface area contributed by atoms with Crippen LogP contribution in [0.4, 0.5) is 0 Å². The van der Waals surface area contributed by atoms with Crippen molar-refractivity contribution < 1.29 is 4.79 Å². The van der Waals surface area contributed by atoms with E-state index in [0.29, 0.717) is 5.92 Å². The molecule has 1 saturated carbocycles. The lowest BCUT2D eigenvalue weighted by atomic mass is 9.86. The molecule has 130 valence electrons. The number of aryl methyl sites for hydroxylation is 1. The number of carbonyl (C=O) groups excluding carboxylic acids is 1. The number of nitriles is 1. The third kappa shape index (κ3) is 3.61. The number of nitrogens with one attached hydrogen (secondary N) is 2. The van der Waals surface area contributed by atoms with Gasteiger partial charge in [0.25, 0.3) is 5.91 Å². The number of benzene rings is 1. The van der Waals surface area contributed by atoms with E-state index in [-0.39, 0.29) is 17.5 Å². The molecular formula is C21H25N3O. The molecule has 1 aromatic carbocycles. The second-order valence-corrected chi connectivity index (χ2v) is 6.95. The molecule has 25 heavy (non-hydrogen) atoms. The average molecular weight is 335 g/mol. The van der Waals surface area contributed by atoms with Gasteiger partial charge < -0.3 is 10.3 Å². The minimum absolute atomic E-state index is 0.167. The van der Waals surface area contributed by atoms with Gasteiger partial charge in [0.15, 0.2) is 0 Å². The maximum Gasteiger partial charge on any atom is 0.262 e. The van der Waals surface area contributed by atoms with E-state index in [1.165, 1.54) is 12.0 Å². The Hall–Kier alpha value is -2.54. The number of carbonyl (C=O) groups is 1. The van der Waals surface area contributed by atoms with Crippen LogP contribution in [0.15, 0.2) is 30.0 Å². The summed E-state index contributed by atoms with van der Waals surface area (Å²) in [7, 11) is 0. The summed E-state index contributed by atoms with van der Waals surface area (Å²) < 4.78 is 0. The summed E-state index contributed by atoms with van der Waals surface area (Å²) in [6.07, 6.45) is 9.01. The Labute approximate surface area is 148 Å². The SMILES string of the molecule is CCc1cccc2c(/C=C(\C#N)C(=O)NC3CCCCC3C)c[nH]c12. The van der Waals surface area contributed by atoms with Crippen molar-refractivity contribution in [1.82, 2.24) is 10.3 Å². The van der Waals surface area contributed by atoms with E-state index in [4.69, 9.17) is 0 Å². The van der Waals surface area contributed by atoms with Crippen LogP contribution in [0.5, 0.6) is 0 Å². The van der Waals surface area contributed by atoms with Gasteiger partial charge in [-0.1, -0.05) is 44.9 Å². The van der Waals surface area contributed by atoms with Gasteiger partial charge in [-0.3, -0.25) is 4.79 Å². The highest BCUT2D eigenvalue weighted by molar-refractivity contribution is 6.04. The molecule has 0 saturated heterocycles. The number of aromatic nitrogens is 1. The van der Waals surface area contributed by atoms with E-state index in [1.54, 1.807) is 6.08 Å². The molecule has 1 aliphatic rings. The molecule has 2 unspecified atom stereocenters. The van der Waals surface area contributed by atoms with Crippen LogP contribution >= 0.6 is 0 Å². The van der Waals surface area contributed by atoms with Crippen LogP contribution in [-0.4, -0.2) is 16.9 Å². The molecular weight excluding hydrogens is 310 g/mol. The van der Waals surface area contributed by atoms with Crippen molar-refractivity contribution in [3.63, 3.8) is 0 Å². The van der Waals surface area contributed by atoms with Crippen molar-refractivity contribution >= 4 is 22.9 Å². The summed E-state index contributed by atoms with van der Waals surface area (Å²) in [6, 6.07) is 8.38. The second kappa shape index (κ2) is 7.57. The number of amides is 1. The highest BCUT2D eigenvalue weighted by Crippen LogP contribution is 2.26. The number of hydrogen-bond acceptors (Lipinski definition) is 2. The highest BCUT2D eigenvalue weighted by Gasteiger charge is 2.24. The van der Waals surface area contributed by atoms with Crippen LogP contribution in [0.3, 0.4) is 0 Å². The number of aromatic amines is 1. The molecule has 1 amide bonds. The quantitative estimate of drug-likeness (QED) is 0.645. The fraction of sp³-hybridized carbons (Fsp3) is 0.429. The van der Waals surface area contributed by atoms with Crippen LogP contribution in [0.25, 0.3) is 17.0 Å². The molecule has 1 aliphatic carbocycles. The summed E-state index contributed by atoms with van der Waals surface area (Å²) >= 11 is 0. The minimum Gasteiger partial charge on any atom is -0.360 e. The van der Waals surface area contributed by atoms with Crippen LogP contribution < -0.4 is 5.32 Å². The highest BCUT2D eigenvalue weighted by atomic mass is 16.1. The Balaban J connectivity index is 1.85. The van der Waals surface area contributed by atoms with Crippen LogP contribution in [0.1, 0.15) is 50.7 Å². The molecule has 0 aliphatic heterocycles. The number of para-hydroxylation sites is 1. The molecule has 4 nitrogen and oxygen atoms in total. The molecule has 1 aromatic heterocycles. The molecule has 1 fully saturated rings. The van der Waals surface area contributed by atoms with Gasteiger partial charge in [-0.15, -0.1) is 0 Å². The Morgan fingerprint density at radius 1 is 1.40 bits per heavy atom. The predicted octanol–water partition coefficient (Wildman–Crippen LogP) is 4.33. The lowest BCUT2D eigenvalue weighted by Crippen LogP contribution is -2.41. The fourth-order valence-electron chi connectivity index (χ4n) is 3.73. The van der Waals surface area contributed by atoms with Crippen molar-refractivity contribution in [2.75, 3.05) is 0 Å². The summed E-state index contributed by atoms with van der Waals surface area (Å²) in [5.74, 6) is 0.208. The molecule has 4 heteroatoms. The molecule has 0 bridgehead atoms. The third-order valence-electron chi connectivity index (χ3n) is 5.31. The van der Waals surface area contributed by atoms with Crippen molar-refractivity contribution in [3.8, 4) is 6.07 Å². The lowest BCUT2D eigenvalue weighted by Gasteiger charge is -2.29. The van der Waals surface area contributed by atoms with Gasteiger partial charge >= 0.3 is 0 Å². The van der Waals surface area contributed by atoms with E-state index >= 15 is 0 Å². The van der Waals surface area contributed by atoms with Crippen LogP contribution in [0, 0.1) is 17.2 Å². The lowest BCUT2D eigenvalue weighted by molar-refractivity contribution is -0.118. The van der Waals surface area contributed by atoms with Crippen molar-refractivity contribution in [3.05, 3.63) is 41.1 Å². The van der Waals surface area contributed by atoms with Crippen molar-refractivity contribution in [1.29, 1.82) is 5.26 Å². The zero-order valence-corrected chi connectivity index (χ0v) is 14.9. The first-order chi connectivity index (χ1) is 12.1. The Morgan fingerprint density at radius 3 is 2.92 bits per heavy atom. The third-order valence-corrected chi connectivity index (χ3v) is 5.31. The zero-order chi connectivity index (χ0) is 17.8. The molecule has 2 N–H and O–H groups in total. The first-order valence-electron chi connectivity index (χ1n) is 9.15. The number of H-pyrrole nitrogens is 1. The smallest absolute Gasteiger partial charge is 0.262 e. The monoisotopic (exact) mass is 335 g/mol. The normalized spacial score (nSPS) is 21.1. The maximum absolute atomic E-state index is 12.6. The van der Waals surface area contributed by atoms with E-state index < -0.39 is 0 Å². The molecule has 2 atom stereocenters. The first-order valence-corrected chi connectivity index (χ1v) is 9.15. The van der Waals surface area contributed by atoms with Gasteiger partial charge in [0.1, 0.15) is 11.6 Å². The van der Waals surface area contributed by atoms with E-state index in [1.807, 2.05) is 18.3 Å². The van der Waals surface area contributed by atoms with Gasteiger partial charge in [0.05, 0.1) is 0 Å². The molecule has 0 radical (unpaired) electrons. The molecule has 2 aromatic rings. The largest absolute Gasteiger partial charge is 0.360 e. The van der Waals surface area contributed by atoms with E-state index in [2.05, 4.69) is 36.3 Å². The minimum atomic E-state index is -0.262. The molecule has 3 rings (SSSR count). The summed E-state index contributed by atoms with van der Waals surface area (Å²) in [4.78, 5) is 15.8. The summed E-state index contributed by atoms with van der Waals surface area (Å²) in [5.41, 5.74) is 3.36. The topological polar surface area (TPSA) is 68.7 Å². The standard InChI is InChI=1S/C21H25N3O/c1-3-15-8-6-9-18-17(13-23-20(15)18)11-16(12-22)21(25)24-19-10-5-4-7-14(19)2/h6,8-9,11,13-14,19,23H,3-5,7,10H2,1-2H3,(H,24,25)/b16-11+. The first kappa shape index (κ1) is 17.3. The molecule has 1 heterocycles. The number of nitrogens with zero attached hydrogens (tertiary/aromatic N) is 1. The van der Waals surface area contributed by atoms with Gasteiger partial charge in [0.2, 0.25) is 0 Å². The Kier molecular flexibility index (Phi) is 5.23. The molecule has 0 spiro atoms. The van der Waals surface area contributed by atoms with Crippen LogP contribution in [0.2, 0.25) is 0 Å². The number of hydrogen-bond donors (Lipinski definition) is 2. The van der Waals surface area contributed by atoms with Crippen molar-refractivity contribution in [2.45, 2.75) is 52.0 Å². The van der Waals surface area contributed by atoms with Crippen molar-refractivity contribution in [2.24, 2.45) is 5.92 Å². The Bertz CT molecular complexity index is 840.